The van der Waals surface area contributed by atoms with E-state index in [1.165, 1.54) is 4.90 Å². The van der Waals surface area contributed by atoms with Gasteiger partial charge in [-0.25, -0.2) is 4.79 Å². The quantitative estimate of drug-likeness (QED) is 0.891. The molecule has 1 aromatic heterocycles. The molecule has 1 atom stereocenters. The van der Waals surface area contributed by atoms with Crippen LogP contribution < -0.4 is 11.1 Å². The zero-order valence-electron chi connectivity index (χ0n) is 12.8. The van der Waals surface area contributed by atoms with Gasteiger partial charge < -0.3 is 11.1 Å². The minimum Gasteiger partial charge on any atom is -0.385 e. The lowest BCUT2D eigenvalue weighted by molar-refractivity contribution is 0.203. The van der Waals surface area contributed by atoms with Gasteiger partial charge in [-0.3, -0.25) is 4.90 Å². The Labute approximate surface area is 138 Å². The van der Waals surface area contributed by atoms with Crippen LogP contribution in [0.5, 0.6) is 0 Å². The highest BCUT2D eigenvalue weighted by Crippen LogP contribution is 2.36. The maximum atomic E-state index is 12.0. The first-order valence-corrected chi connectivity index (χ1v) is 7.89. The molecule has 1 aliphatic heterocycles. The summed E-state index contributed by atoms with van der Waals surface area (Å²) in [5.41, 5.74) is 6.91. The Morgan fingerprint density at radius 1 is 1.35 bits per heavy atom. The highest BCUT2D eigenvalue weighted by Gasteiger charge is 2.34. The summed E-state index contributed by atoms with van der Waals surface area (Å²) in [7, 11) is 1.63. The van der Waals surface area contributed by atoms with Crippen LogP contribution in [0.1, 0.15) is 17.4 Å². The van der Waals surface area contributed by atoms with Crippen molar-refractivity contribution in [3.63, 3.8) is 0 Å². The monoisotopic (exact) mass is 324 g/mol. The van der Waals surface area contributed by atoms with Gasteiger partial charge in [-0.1, -0.05) is 12.1 Å². The molecule has 3 rings (SSSR count). The summed E-state index contributed by atoms with van der Waals surface area (Å²) in [5, 5.41) is 12.0. The average molecular weight is 324 g/mol. The zero-order chi connectivity index (χ0) is 16.6. The number of nitrogens with zero attached hydrogens (tertiary/aromatic N) is 2. The Hall–Kier alpha value is -2.78. The number of benzene rings is 1. The molecule has 23 heavy (non-hydrogen) atoms. The lowest BCUT2D eigenvalue weighted by Gasteiger charge is -2.35. The third-order valence-electron chi connectivity index (χ3n) is 3.89. The summed E-state index contributed by atoms with van der Waals surface area (Å²) in [6.07, 6.45) is 1.84. The molecule has 0 bridgehead atoms. The van der Waals surface area contributed by atoms with Gasteiger partial charge >= 0.3 is 6.03 Å². The first kappa shape index (κ1) is 15.1. The molecule has 2 aromatic rings. The van der Waals surface area contributed by atoms with Crippen LogP contribution in [-0.2, 0) is 5.54 Å². The Bertz CT molecular complexity index is 848. The molecule has 0 aliphatic carbocycles. The molecule has 0 saturated heterocycles. The maximum absolute atomic E-state index is 12.0. The SMILES string of the molecule is CN1C(=O)N[C@](C)(c2ccc(-c3cccc(C#N)c3)s2)C=C1N. The zero-order valence-corrected chi connectivity index (χ0v) is 13.6. The van der Waals surface area contributed by atoms with Crippen molar-refractivity contribution >= 4 is 17.4 Å². The van der Waals surface area contributed by atoms with Gasteiger partial charge in [-0.15, -0.1) is 11.3 Å². The number of carbonyl (C=O) groups is 1. The molecule has 3 N–H and O–H groups in total. The van der Waals surface area contributed by atoms with Crippen molar-refractivity contribution in [3.05, 3.63) is 58.7 Å². The molecule has 0 saturated carbocycles. The summed E-state index contributed by atoms with van der Waals surface area (Å²) in [6, 6.07) is 13.4. The number of amides is 2. The Kier molecular flexibility index (Phi) is 3.58. The third-order valence-corrected chi connectivity index (χ3v) is 5.26. The van der Waals surface area contributed by atoms with Gasteiger partial charge in [0.2, 0.25) is 0 Å². The molecule has 116 valence electrons. The van der Waals surface area contributed by atoms with E-state index >= 15 is 0 Å². The van der Waals surface area contributed by atoms with Gasteiger partial charge in [0, 0.05) is 16.8 Å². The number of hydrogen-bond donors (Lipinski definition) is 2. The maximum Gasteiger partial charge on any atom is 0.323 e. The van der Waals surface area contributed by atoms with E-state index in [0.29, 0.717) is 11.4 Å². The van der Waals surface area contributed by atoms with Crippen molar-refractivity contribution in [2.45, 2.75) is 12.5 Å². The first-order chi connectivity index (χ1) is 10.9. The minimum absolute atomic E-state index is 0.228. The minimum atomic E-state index is -0.635. The van der Waals surface area contributed by atoms with Gasteiger partial charge in [0.15, 0.2) is 0 Å². The second-order valence-corrected chi connectivity index (χ2v) is 6.70. The van der Waals surface area contributed by atoms with E-state index in [9.17, 15) is 4.79 Å². The number of urea groups is 1. The van der Waals surface area contributed by atoms with Crippen LogP contribution in [0.2, 0.25) is 0 Å². The summed E-state index contributed by atoms with van der Waals surface area (Å²) in [5.74, 6) is 0.428. The van der Waals surface area contributed by atoms with Crippen LogP contribution in [0.25, 0.3) is 10.4 Å². The van der Waals surface area contributed by atoms with Crippen LogP contribution in [0.15, 0.2) is 48.3 Å². The van der Waals surface area contributed by atoms with Crippen molar-refractivity contribution in [2.75, 3.05) is 7.05 Å². The molecule has 1 aliphatic rings. The number of nitrogens with one attached hydrogen (secondary N) is 1. The van der Waals surface area contributed by atoms with Gasteiger partial charge in [0.1, 0.15) is 5.82 Å². The van der Waals surface area contributed by atoms with Crippen molar-refractivity contribution in [3.8, 4) is 16.5 Å². The van der Waals surface area contributed by atoms with Crippen LogP contribution in [0, 0.1) is 11.3 Å². The standard InChI is InChI=1S/C17H16N4OS/c1-17(9-15(19)21(2)16(22)20-17)14-7-6-13(23-14)12-5-3-4-11(8-12)10-18/h3-9H,19H2,1-2H3,(H,20,22)/t17-/m0/s1. The molecule has 0 unspecified atom stereocenters. The number of nitriles is 1. The number of rotatable bonds is 2. The largest absolute Gasteiger partial charge is 0.385 e. The predicted octanol–water partition coefficient (Wildman–Crippen LogP) is 2.96. The van der Waals surface area contributed by atoms with Crippen LogP contribution in [0.3, 0.4) is 0 Å². The van der Waals surface area contributed by atoms with Gasteiger partial charge in [-0.05, 0) is 42.8 Å². The molecule has 5 nitrogen and oxygen atoms in total. The number of hydrogen-bond acceptors (Lipinski definition) is 4. The highest BCUT2D eigenvalue weighted by atomic mass is 32.1. The molecule has 2 heterocycles. The smallest absolute Gasteiger partial charge is 0.323 e. The molecular weight excluding hydrogens is 308 g/mol. The van der Waals surface area contributed by atoms with Crippen LogP contribution >= 0.6 is 11.3 Å². The van der Waals surface area contributed by atoms with Crippen LogP contribution in [0.4, 0.5) is 4.79 Å². The second-order valence-electron chi connectivity index (χ2n) is 5.62. The highest BCUT2D eigenvalue weighted by molar-refractivity contribution is 7.15. The van der Waals surface area contributed by atoms with Gasteiger partial charge in [0.25, 0.3) is 0 Å². The van der Waals surface area contributed by atoms with Gasteiger partial charge in [0.05, 0.1) is 17.2 Å². The first-order valence-electron chi connectivity index (χ1n) is 7.08. The van der Waals surface area contributed by atoms with E-state index < -0.39 is 5.54 Å². The predicted molar refractivity (Wildman–Crippen MR) is 90.4 cm³/mol. The van der Waals surface area contributed by atoms with Gasteiger partial charge in [-0.2, -0.15) is 5.26 Å². The third kappa shape index (κ3) is 2.67. The number of nitrogens with two attached hydrogens (primary N) is 1. The molecule has 0 fully saturated rings. The second kappa shape index (κ2) is 5.45. The van der Waals surface area contributed by atoms with Crippen molar-refractivity contribution in [2.24, 2.45) is 5.73 Å². The number of thiophene rings is 1. The topological polar surface area (TPSA) is 82.2 Å². The molecule has 2 amide bonds. The normalized spacial score (nSPS) is 20.7. The average Bonchev–Trinajstić information content (AvgIpc) is 3.03. The Morgan fingerprint density at radius 2 is 2.13 bits per heavy atom. The summed E-state index contributed by atoms with van der Waals surface area (Å²) in [6.45, 7) is 1.92. The summed E-state index contributed by atoms with van der Waals surface area (Å²) < 4.78 is 0. The van der Waals surface area contributed by atoms with E-state index in [2.05, 4.69) is 11.4 Å². The van der Waals surface area contributed by atoms with E-state index in [1.807, 2.05) is 43.3 Å². The number of carbonyl (C=O) groups excluding carboxylic acids is 1. The fourth-order valence-corrected chi connectivity index (χ4v) is 3.57. The lowest BCUT2D eigenvalue weighted by Crippen LogP contribution is -2.53. The fraction of sp³-hybridized carbons (Fsp3) is 0.176. The summed E-state index contributed by atoms with van der Waals surface area (Å²) >= 11 is 1.57. The fourth-order valence-electron chi connectivity index (χ4n) is 2.50. The molecular formula is C17H16N4OS. The lowest BCUT2D eigenvalue weighted by atomic mass is 9.98. The Morgan fingerprint density at radius 3 is 2.83 bits per heavy atom. The van der Waals surface area contributed by atoms with E-state index in [0.717, 1.165) is 15.3 Å². The molecule has 6 heteroatoms. The van der Waals surface area contributed by atoms with E-state index in [-0.39, 0.29) is 6.03 Å². The molecule has 1 aromatic carbocycles. The van der Waals surface area contributed by atoms with Crippen molar-refractivity contribution in [1.29, 1.82) is 5.26 Å². The van der Waals surface area contributed by atoms with E-state index in [1.54, 1.807) is 24.5 Å². The van der Waals surface area contributed by atoms with Crippen LogP contribution in [-0.4, -0.2) is 18.0 Å². The Balaban J connectivity index is 1.99. The van der Waals surface area contributed by atoms with Crippen molar-refractivity contribution < 1.29 is 4.79 Å². The summed E-state index contributed by atoms with van der Waals surface area (Å²) in [4.78, 5) is 15.4. The van der Waals surface area contributed by atoms with Crippen molar-refractivity contribution in [1.82, 2.24) is 10.2 Å². The molecule has 0 radical (unpaired) electrons. The van der Waals surface area contributed by atoms with E-state index in [4.69, 9.17) is 11.0 Å². The molecule has 0 spiro atoms.